The summed E-state index contributed by atoms with van der Waals surface area (Å²) in [5, 5.41) is 17.5. The summed E-state index contributed by atoms with van der Waals surface area (Å²) in [5.41, 5.74) is 1.04. The third-order valence-electron chi connectivity index (χ3n) is 4.98. The fraction of sp³-hybridized carbons (Fsp3) is 0.760. The van der Waals surface area contributed by atoms with Gasteiger partial charge in [-0.1, -0.05) is 82.6 Å². The molecule has 0 aromatic heterocycles. The molecule has 0 bridgehead atoms. The summed E-state index contributed by atoms with van der Waals surface area (Å²) in [6.07, 6.45) is 20.1. The van der Waals surface area contributed by atoms with Gasteiger partial charge in [0.05, 0.1) is 0 Å². The Morgan fingerprint density at radius 3 is 1.79 bits per heavy atom. The number of aliphatic carboxylic acids is 2. The van der Waals surface area contributed by atoms with Crippen molar-refractivity contribution in [1.82, 2.24) is 0 Å². The molecule has 0 aliphatic heterocycles. The first-order valence-corrected chi connectivity index (χ1v) is 11.7. The molecule has 2 N–H and O–H groups in total. The standard InChI is InChI=1S/C25H42O4/c1-2-3-4-5-6-7-8-9-10-11-12-13-18-23(19-14-16-21-24(26)27)20-15-17-22-25(28)29/h19H,2-12,14-17,20-22H2,1H3,(H,26,27)(H,28,29). The van der Waals surface area contributed by atoms with E-state index in [2.05, 4.69) is 18.8 Å². The second-order valence-electron chi connectivity index (χ2n) is 7.85. The van der Waals surface area contributed by atoms with E-state index in [0.29, 0.717) is 19.3 Å². The van der Waals surface area contributed by atoms with Crippen LogP contribution in [0.5, 0.6) is 0 Å². The van der Waals surface area contributed by atoms with E-state index in [1.165, 1.54) is 57.8 Å². The fourth-order valence-electron chi connectivity index (χ4n) is 3.21. The predicted octanol–water partition coefficient (Wildman–Crippen LogP) is 7.13. The van der Waals surface area contributed by atoms with E-state index >= 15 is 0 Å². The molecule has 0 amide bonds. The number of carboxylic acid groups (broad SMARTS) is 2. The average Bonchev–Trinajstić information content (AvgIpc) is 2.68. The van der Waals surface area contributed by atoms with Gasteiger partial charge in [-0.3, -0.25) is 9.59 Å². The highest BCUT2D eigenvalue weighted by Gasteiger charge is 2.00. The van der Waals surface area contributed by atoms with Crippen LogP contribution >= 0.6 is 0 Å². The summed E-state index contributed by atoms with van der Waals surface area (Å²) < 4.78 is 0. The van der Waals surface area contributed by atoms with Crippen LogP contribution < -0.4 is 0 Å². The topological polar surface area (TPSA) is 74.6 Å². The second kappa shape index (κ2) is 21.0. The number of hydrogen-bond acceptors (Lipinski definition) is 2. The van der Waals surface area contributed by atoms with Gasteiger partial charge in [0.2, 0.25) is 0 Å². The summed E-state index contributed by atoms with van der Waals surface area (Å²) in [5.74, 6) is 4.97. The van der Waals surface area contributed by atoms with Crippen molar-refractivity contribution in [2.45, 2.75) is 122 Å². The fourth-order valence-corrected chi connectivity index (χ4v) is 3.21. The first kappa shape index (κ1) is 27.2. The van der Waals surface area contributed by atoms with E-state index in [4.69, 9.17) is 10.2 Å². The van der Waals surface area contributed by atoms with Crippen molar-refractivity contribution >= 4 is 11.9 Å². The Kier molecular flexibility index (Phi) is 19.7. The van der Waals surface area contributed by atoms with Crippen molar-refractivity contribution in [3.05, 3.63) is 11.6 Å². The minimum Gasteiger partial charge on any atom is -0.481 e. The maximum atomic E-state index is 10.6. The van der Waals surface area contributed by atoms with Crippen LogP contribution in [0, 0.1) is 11.8 Å². The summed E-state index contributed by atoms with van der Waals surface area (Å²) in [7, 11) is 0. The Bertz CT molecular complexity index is 511. The Labute approximate surface area is 178 Å². The van der Waals surface area contributed by atoms with Crippen molar-refractivity contribution in [3.8, 4) is 11.8 Å². The first-order valence-electron chi connectivity index (χ1n) is 11.7. The van der Waals surface area contributed by atoms with E-state index in [-0.39, 0.29) is 12.8 Å². The smallest absolute Gasteiger partial charge is 0.303 e. The zero-order chi connectivity index (χ0) is 21.6. The minimum absolute atomic E-state index is 0.175. The Morgan fingerprint density at radius 2 is 1.21 bits per heavy atom. The molecule has 0 aliphatic carbocycles. The third-order valence-corrected chi connectivity index (χ3v) is 4.98. The van der Waals surface area contributed by atoms with Gasteiger partial charge in [-0.2, -0.15) is 0 Å². The van der Waals surface area contributed by atoms with Crippen LogP contribution in [0.2, 0.25) is 0 Å². The van der Waals surface area contributed by atoms with Crippen LogP contribution in [0.1, 0.15) is 122 Å². The molecular formula is C25H42O4. The summed E-state index contributed by atoms with van der Waals surface area (Å²) >= 11 is 0. The summed E-state index contributed by atoms with van der Waals surface area (Å²) in [6, 6.07) is 0. The van der Waals surface area contributed by atoms with Crippen molar-refractivity contribution in [1.29, 1.82) is 0 Å². The van der Waals surface area contributed by atoms with Crippen LogP contribution in [-0.4, -0.2) is 22.2 Å². The monoisotopic (exact) mass is 406 g/mol. The number of unbranched alkanes of at least 4 members (excludes halogenated alkanes) is 12. The lowest BCUT2D eigenvalue weighted by molar-refractivity contribution is -0.138. The third kappa shape index (κ3) is 22.4. The van der Waals surface area contributed by atoms with Crippen molar-refractivity contribution < 1.29 is 19.8 Å². The zero-order valence-electron chi connectivity index (χ0n) is 18.5. The molecule has 0 atom stereocenters. The Balaban J connectivity index is 4.00. The predicted molar refractivity (Wildman–Crippen MR) is 120 cm³/mol. The molecule has 0 saturated heterocycles. The lowest BCUT2D eigenvalue weighted by Crippen LogP contribution is -1.94. The maximum absolute atomic E-state index is 10.6. The van der Waals surface area contributed by atoms with E-state index in [1.807, 2.05) is 6.08 Å². The van der Waals surface area contributed by atoms with Crippen LogP contribution in [0.15, 0.2) is 11.6 Å². The van der Waals surface area contributed by atoms with Gasteiger partial charge in [-0.05, 0) is 44.1 Å². The molecule has 29 heavy (non-hydrogen) atoms. The van der Waals surface area contributed by atoms with E-state index in [0.717, 1.165) is 31.3 Å². The lowest BCUT2D eigenvalue weighted by Gasteiger charge is -2.01. The number of hydrogen-bond donors (Lipinski definition) is 2. The largest absolute Gasteiger partial charge is 0.481 e. The Hall–Kier alpha value is -1.76. The van der Waals surface area contributed by atoms with Gasteiger partial charge in [-0.15, -0.1) is 0 Å². The second-order valence-corrected chi connectivity index (χ2v) is 7.85. The highest BCUT2D eigenvalue weighted by Crippen LogP contribution is 2.13. The van der Waals surface area contributed by atoms with E-state index in [1.54, 1.807) is 0 Å². The lowest BCUT2D eigenvalue weighted by atomic mass is 10.0. The minimum atomic E-state index is -0.770. The summed E-state index contributed by atoms with van der Waals surface area (Å²) in [6.45, 7) is 2.25. The maximum Gasteiger partial charge on any atom is 0.303 e. The average molecular weight is 407 g/mol. The van der Waals surface area contributed by atoms with Gasteiger partial charge in [0, 0.05) is 19.3 Å². The van der Waals surface area contributed by atoms with Crippen LogP contribution in [0.4, 0.5) is 0 Å². The molecule has 0 radical (unpaired) electrons. The van der Waals surface area contributed by atoms with Gasteiger partial charge < -0.3 is 10.2 Å². The molecule has 0 aliphatic rings. The number of carbonyl (C=O) groups is 2. The van der Waals surface area contributed by atoms with Crippen LogP contribution in [0.3, 0.4) is 0 Å². The number of carboxylic acids is 2. The quantitative estimate of drug-likeness (QED) is 0.177. The van der Waals surface area contributed by atoms with Gasteiger partial charge in [0.25, 0.3) is 0 Å². The molecule has 4 nitrogen and oxygen atoms in total. The van der Waals surface area contributed by atoms with E-state index in [9.17, 15) is 9.59 Å². The van der Waals surface area contributed by atoms with Crippen molar-refractivity contribution in [2.24, 2.45) is 0 Å². The molecule has 0 fully saturated rings. The molecule has 166 valence electrons. The number of rotatable bonds is 19. The van der Waals surface area contributed by atoms with Crippen molar-refractivity contribution in [3.63, 3.8) is 0 Å². The van der Waals surface area contributed by atoms with Gasteiger partial charge in [0.1, 0.15) is 0 Å². The van der Waals surface area contributed by atoms with E-state index < -0.39 is 11.9 Å². The molecule has 0 aromatic rings. The molecule has 0 heterocycles. The van der Waals surface area contributed by atoms with Gasteiger partial charge in [-0.25, -0.2) is 0 Å². The molecule has 0 aromatic carbocycles. The number of allylic oxidation sites excluding steroid dienone is 2. The summed E-state index contributed by atoms with van der Waals surface area (Å²) in [4.78, 5) is 21.2. The Morgan fingerprint density at radius 1 is 0.690 bits per heavy atom. The van der Waals surface area contributed by atoms with Crippen LogP contribution in [-0.2, 0) is 9.59 Å². The highest BCUT2D eigenvalue weighted by atomic mass is 16.4. The molecule has 0 saturated carbocycles. The first-order chi connectivity index (χ1) is 14.1. The van der Waals surface area contributed by atoms with Gasteiger partial charge in [0.15, 0.2) is 0 Å². The van der Waals surface area contributed by atoms with Gasteiger partial charge >= 0.3 is 11.9 Å². The molecular weight excluding hydrogens is 364 g/mol. The van der Waals surface area contributed by atoms with Crippen LogP contribution in [0.25, 0.3) is 0 Å². The highest BCUT2D eigenvalue weighted by molar-refractivity contribution is 5.66. The zero-order valence-corrected chi connectivity index (χ0v) is 18.5. The molecule has 4 heteroatoms. The molecule has 0 unspecified atom stereocenters. The van der Waals surface area contributed by atoms with Crippen molar-refractivity contribution in [2.75, 3.05) is 0 Å². The normalized spacial score (nSPS) is 11.1. The molecule has 0 rings (SSSR count). The SMILES string of the molecule is CCCCCCCCCCCCC#CC(=CCCCC(=O)O)CCCCC(=O)O. The molecule has 0 spiro atoms.